The van der Waals surface area contributed by atoms with Crippen molar-refractivity contribution in [2.24, 2.45) is 0 Å². The molecular weight excluding hydrogens is 386 g/mol. The molecule has 0 saturated heterocycles. The van der Waals surface area contributed by atoms with Crippen LogP contribution in [-0.4, -0.2) is 14.9 Å². The second-order valence-corrected chi connectivity index (χ2v) is 10.0. The molecule has 109 valence electrons. The molecule has 0 atom stereocenters. The van der Waals surface area contributed by atoms with E-state index in [1.165, 1.54) is 16.7 Å². The van der Waals surface area contributed by atoms with Crippen molar-refractivity contribution in [3.8, 4) is 0 Å². The standard InChI is InChI=1S/C15H21OSi.2ClH.Zr/c1-17(2,3)16-12-11-14-9-6-10-15(14)13-7-4-5-8-13;;;/h4,6-7,9H,5,10-12H2,1-3H3;2*1H;/q-1;;;+3/p-2. The van der Waals surface area contributed by atoms with E-state index in [1.54, 1.807) is 0 Å². The Bertz CT molecular complexity index is 420. The van der Waals surface area contributed by atoms with Crippen LogP contribution in [0.25, 0.3) is 0 Å². The van der Waals surface area contributed by atoms with Gasteiger partial charge in [-0.25, -0.2) is 0 Å². The van der Waals surface area contributed by atoms with E-state index in [0.29, 0.717) is 0 Å². The molecule has 0 amide bonds. The van der Waals surface area contributed by atoms with Crippen molar-refractivity contribution in [2.45, 2.75) is 38.9 Å². The normalized spacial score (nSPS) is 16.4. The summed E-state index contributed by atoms with van der Waals surface area (Å²) in [7, 11) is -1.37. The summed E-state index contributed by atoms with van der Waals surface area (Å²) < 4.78 is 5.93. The van der Waals surface area contributed by atoms with E-state index in [2.05, 4.69) is 50.0 Å². The Kier molecular flexibility index (Phi) is 11.8. The molecule has 0 N–H and O–H groups in total. The fourth-order valence-electron chi connectivity index (χ4n) is 2.15. The smallest absolute Gasteiger partial charge is 1.00 e. The molecule has 0 aromatic rings. The predicted molar refractivity (Wildman–Crippen MR) is 75.2 cm³/mol. The van der Waals surface area contributed by atoms with Gasteiger partial charge in [-0.3, -0.25) is 0 Å². The molecule has 0 heterocycles. The van der Waals surface area contributed by atoms with Crippen molar-refractivity contribution in [3.63, 3.8) is 0 Å². The van der Waals surface area contributed by atoms with Gasteiger partial charge in [-0.2, -0.15) is 17.7 Å². The Morgan fingerprint density at radius 3 is 2.40 bits per heavy atom. The van der Waals surface area contributed by atoms with Crippen LogP contribution < -0.4 is 24.8 Å². The predicted octanol–water partition coefficient (Wildman–Crippen LogP) is -1.82. The third kappa shape index (κ3) is 7.04. The van der Waals surface area contributed by atoms with E-state index in [-0.39, 0.29) is 51.0 Å². The van der Waals surface area contributed by atoms with Crippen LogP contribution >= 0.6 is 0 Å². The van der Waals surface area contributed by atoms with Gasteiger partial charge in [0.15, 0.2) is 8.32 Å². The van der Waals surface area contributed by atoms with Crippen molar-refractivity contribution in [1.82, 2.24) is 0 Å². The molecule has 0 spiro atoms. The molecule has 0 aromatic heterocycles. The van der Waals surface area contributed by atoms with Gasteiger partial charge in [0.25, 0.3) is 0 Å². The van der Waals surface area contributed by atoms with Gasteiger partial charge in [0.05, 0.1) is 0 Å². The number of hydrogen-bond acceptors (Lipinski definition) is 1. The molecule has 2 aliphatic rings. The van der Waals surface area contributed by atoms with Gasteiger partial charge in [0.2, 0.25) is 0 Å². The summed E-state index contributed by atoms with van der Waals surface area (Å²) in [5.74, 6) is 0. The van der Waals surface area contributed by atoms with Crippen LogP contribution in [0.4, 0.5) is 0 Å². The number of hydrogen-bond donors (Lipinski definition) is 0. The van der Waals surface area contributed by atoms with Crippen LogP contribution in [0.5, 0.6) is 0 Å². The van der Waals surface area contributed by atoms with Crippen molar-refractivity contribution in [1.29, 1.82) is 0 Å². The van der Waals surface area contributed by atoms with Crippen LogP contribution in [-0.2, 0) is 30.6 Å². The third-order valence-corrected chi connectivity index (χ3v) is 4.03. The van der Waals surface area contributed by atoms with Crippen LogP contribution in [0.3, 0.4) is 0 Å². The molecule has 0 aliphatic heterocycles. The van der Waals surface area contributed by atoms with Gasteiger partial charge < -0.3 is 29.2 Å². The minimum Gasteiger partial charge on any atom is -1.00 e. The van der Waals surface area contributed by atoms with Gasteiger partial charge in [-0.15, -0.1) is 11.6 Å². The molecule has 0 unspecified atom stereocenters. The Morgan fingerprint density at radius 2 is 1.85 bits per heavy atom. The summed E-state index contributed by atoms with van der Waals surface area (Å²) in [6, 6.07) is 0. The topological polar surface area (TPSA) is 9.23 Å². The zero-order chi connectivity index (χ0) is 12.3. The molecule has 1 nitrogen and oxygen atoms in total. The molecule has 1 radical (unpaired) electrons. The maximum absolute atomic E-state index is 5.93. The van der Waals surface area contributed by atoms with Crippen LogP contribution in [0.1, 0.15) is 19.3 Å². The fraction of sp³-hybridized carbons (Fsp3) is 0.467. The minimum atomic E-state index is -1.37. The molecule has 20 heavy (non-hydrogen) atoms. The molecule has 0 saturated carbocycles. The van der Waals surface area contributed by atoms with Crippen molar-refractivity contribution in [3.05, 3.63) is 47.1 Å². The molecule has 0 aromatic carbocycles. The van der Waals surface area contributed by atoms with E-state index >= 15 is 0 Å². The average Bonchev–Trinajstić information content (AvgIpc) is 2.82. The van der Waals surface area contributed by atoms with Crippen LogP contribution in [0, 0.1) is 6.08 Å². The van der Waals surface area contributed by atoms with Crippen LogP contribution in [0.15, 0.2) is 41.0 Å². The zero-order valence-electron chi connectivity index (χ0n) is 12.3. The van der Waals surface area contributed by atoms with E-state index in [9.17, 15) is 0 Å². The quantitative estimate of drug-likeness (QED) is 0.385. The second-order valence-electron chi connectivity index (χ2n) is 5.52. The molecule has 0 bridgehead atoms. The molecule has 2 rings (SSSR count). The van der Waals surface area contributed by atoms with E-state index in [1.807, 2.05) is 0 Å². The summed E-state index contributed by atoms with van der Waals surface area (Å²) in [6.07, 6.45) is 15.4. The van der Waals surface area contributed by atoms with E-state index in [0.717, 1.165) is 25.9 Å². The fourth-order valence-corrected chi connectivity index (χ4v) is 2.86. The first kappa shape index (κ1) is 22.9. The molecule has 0 fully saturated rings. The maximum atomic E-state index is 5.93. The average molecular weight is 408 g/mol. The first-order valence-electron chi connectivity index (χ1n) is 6.36. The first-order valence-corrected chi connectivity index (χ1v) is 9.77. The zero-order valence-corrected chi connectivity index (χ0v) is 17.3. The summed E-state index contributed by atoms with van der Waals surface area (Å²) in [5, 5.41) is 0. The Morgan fingerprint density at radius 1 is 1.15 bits per heavy atom. The third-order valence-electron chi connectivity index (χ3n) is 2.96. The summed E-state index contributed by atoms with van der Waals surface area (Å²) >= 11 is 0. The monoisotopic (exact) mass is 405 g/mol. The SMILES string of the molecule is C[Si](C)(C)OCCC1=C(C2=[C-]CC=C2)CC=C1.[Cl-].[Cl-].[Zr+3]. The van der Waals surface area contributed by atoms with Crippen molar-refractivity contribution >= 4 is 8.32 Å². The molecule has 5 heteroatoms. The van der Waals surface area contributed by atoms with Crippen molar-refractivity contribution in [2.75, 3.05) is 6.61 Å². The van der Waals surface area contributed by atoms with Gasteiger partial charge in [-0.1, -0.05) is 30.6 Å². The van der Waals surface area contributed by atoms with E-state index in [4.69, 9.17) is 4.43 Å². The van der Waals surface area contributed by atoms with Gasteiger partial charge in [-0.05, 0) is 26.1 Å². The summed E-state index contributed by atoms with van der Waals surface area (Å²) in [5.41, 5.74) is 4.20. The largest absolute Gasteiger partial charge is 3.00 e. The van der Waals surface area contributed by atoms with Gasteiger partial charge in [0.1, 0.15) is 0 Å². The van der Waals surface area contributed by atoms with Crippen molar-refractivity contribution < 1.29 is 55.4 Å². The van der Waals surface area contributed by atoms with Gasteiger partial charge >= 0.3 is 26.2 Å². The summed E-state index contributed by atoms with van der Waals surface area (Å²) in [4.78, 5) is 0. The molecular formula is C15H21Cl2OSiZr. The number of halogens is 2. The maximum Gasteiger partial charge on any atom is 3.00 e. The molecule has 2 aliphatic carbocycles. The second kappa shape index (κ2) is 10.3. The Hall–Kier alpha value is 0.600. The van der Waals surface area contributed by atoms with E-state index < -0.39 is 8.32 Å². The number of rotatable bonds is 5. The first-order chi connectivity index (χ1) is 8.06. The number of allylic oxidation sites excluding steroid dienone is 7. The minimum absolute atomic E-state index is 0. The Balaban J connectivity index is 0. The Labute approximate surface area is 155 Å². The van der Waals surface area contributed by atoms with Gasteiger partial charge in [0, 0.05) is 6.61 Å². The van der Waals surface area contributed by atoms with Crippen LogP contribution in [0.2, 0.25) is 19.6 Å². The summed E-state index contributed by atoms with van der Waals surface area (Å²) in [6.45, 7) is 7.57.